The van der Waals surface area contributed by atoms with Crippen LogP contribution in [0.5, 0.6) is 11.5 Å². The fourth-order valence-electron chi connectivity index (χ4n) is 2.26. The summed E-state index contributed by atoms with van der Waals surface area (Å²) in [4.78, 5) is 11.9. The predicted octanol–water partition coefficient (Wildman–Crippen LogP) is 2.39. The number of hydrazone groups is 1. The molecule has 0 bridgehead atoms. The average molecular weight is 262 g/mol. The predicted molar refractivity (Wildman–Crippen MR) is 72.3 cm³/mol. The van der Waals surface area contributed by atoms with E-state index in [4.69, 9.17) is 0 Å². The Balaban J connectivity index is 2.05. The molecule has 0 radical (unpaired) electrons. The normalized spacial score (nSPS) is 21.3. The van der Waals surface area contributed by atoms with Crippen molar-refractivity contribution < 1.29 is 15.0 Å². The van der Waals surface area contributed by atoms with Crippen LogP contribution in [0.2, 0.25) is 0 Å². The van der Waals surface area contributed by atoms with Crippen LogP contribution in [0.25, 0.3) is 0 Å². The molecule has 1 atom stereocenters. The van der Waals surface area contributed by atoms with E-state index in [1.165, 1.54) is 24.6 Å². The zero-order valence-electron chi connectivity index (χ0n) is 10.9. The van der Waals surface area contributed by atoms with Gasteiger partial charge in [-0.25, -0.2) is 5.43 Å². The van der Waals surface area contributed by atoms with Gasteiger partial charge in [0, 0.05) is 5.71 Å². The molecule has 0 heterocycles. The highest BCUT2D eigenvalue weighted by molar-refractivity contribution is 5.98. The van der Waals surface area contributed by atoms with Gasteiger partial charge in [0.05, 0.1) is 5.56 Å². The highest BCUT2D eigenvalue weighted by atomic mass is 16.3. The SMILES string of the molecule is C[C@H]1CCC/C(=N\NC(=O)c2cc(O)ccc2O)C1. The molecule has 0 spiro atoms. The van der Waals surface area contributed by atoms with Crippen LogP contribution in [0, 0.1) is 5.92 Å². The second-order valence-corrected chi connectivity index (χ2v) is 5.02. The van der Waals surface area contributed by atoms with Gasteiger partial charge < -0.3 is 10.2 Å². The third-order valence-corrected chi connectivity index (χ3v) is 3.29. The monoisotopic (exact) mass is 262 g/mol. The number of phenols is 2. The minimum Gasteiger partial charge on any atom is -0.508 e. The van der Waals surface area contributed by atoms with Crippen molar-refractivity contribution in [1.82, 2.24) is 5.43 Å². The fourth-order valence-corrected chi connectivity index (χ4v) is 2.26. The van der Waals surface area contributed by atoms with Crippen molar-refractivity contribution in [1.29, 1.82) is 0 Å². The van der Waals surface area contributed by atoms with E-state index in [0.717, 1.165) is 25.0 Å². The van der Waals surface area contributed by atoms with Gasteiger partial charge in [-0.05, 0) is 49.8 Å². The summed E-state index contributed by atoms with van der Waals surface area (Å²) >= 11 is 0. The van der Waals surface area contributed by atoms with Gasteiger partial charge in [0.15, 0.2) is 0 Å². The van der Waals surface area contributed by atoms with Crippen LogP contribution >= 0.6 is 0 Å². The first-order chi connectivity index (χ1) is 9.06. The second kappa shape index (κ2) is 5.73. The van der Waals surface area contributed by atoms with E-state index in [9.17, 15) is 15.0 Å². The lowest BCUT2D eigenvalue weighted by Gasteiger charge is -2.18. The first-order valence-corrected chi connectivity index (χ1v) is 6.44. The molecule has 2 rings (SSSR count). The number of nitrogens with zero attached hydrogens (tertiary/aromatic N) is 1. The highest BCUT2D eigenvalue weighted by Gasteiger charge is 2.15. The Labute approximate surface area is 112 Å². The molecule has 0 aliphatic heterocycles. The third-order valence-electron chi connectivity index (χ3n) is 3.29. The van der Waals surface area contributed by atoms with Crippen LogP contribution < -0.4 is 5.43 Å². The highest BCUT2D eigenvalue weighted by Crippen LogP contribution is 2.23. The van der Waals surface area contributed by atoms with Crippen molar-refractivity contribution in [2.75, 3.05) is 0 Å². The zero-order valence-corrected chi connectivity index (χ0v) is 10.9. The number of aromatic hydroxyl groups is 2. The van der Waals surface area contributed by atoms with Crippen LogP contribution in [-0.2, 0) is 0 Å². The molecule has 1 aliphatic carbocycles. The molecule has 1 aromatic carbocycles. The first kappa shape index (κ1) is 13.4. The fraction of sp³-hybridized carbons (Fsp3) is 0.429. The number of phenolic OH excluding ortho intramolecular Hbond substituents is 2. The smallest absolute Gasteiger partial charge is 0.275 e. The number of amides is 1. The average Bonchev–Trinajstić information content (AvgIpc) is 2.39. The largest absolute Gasteiger partial charge is 0.508 e. The van der Waals surface area contributed by atoms with E-state index in [1.54, 1.807) is 0 Å². The Bertz CT molecular complexity index is 511. The van der Waals surface area contributed by atoms with Crippen LogP contribution in [0.1, 0.15) is 43.0 Å². The quantitative estimate of drug-likeness (QED) is 0.565. The lowest BCUT2D eigenvalue weighted by Crippen LogP contribution is -2.22. The molecule has 5 heteroatoms. The van der Waals surface area contributed by atoms with E-state index in [2.05, 4.69) is 17.5 Å². The molecule has 1 amide bonds. The standard InChI is InChI=1S/C14H18N2O3/c1-9-3-2-4-10(7-9)15-16-14(19)12-8-11(17)5-6-13(12)18/h5-6,8-9,17-18H,2-4,7H2,1H3,(H,16,19)/b15-10+/t9-/m0/s1. The van der Waals surface area contributed by atoms with E-state index < -0.39 is 5.91 Å². The molecule has 5 nitrogen and oxygen atoms in total. The topological polar surface area (TPSA) is 81.9 Å². The summed E-state index contributed by atoms with van der Waals surface area (Å²) < 4.78 is 0. The molecule has 0 aromatic heterocycles. The number of hydrogen-bond donors (Lipinski definition) is 3. The maximum Gasteiger partial charge on any atom is 0.275 e. The van der Waals surface area contributed by atoms with Gasteiger partial charge in [-0.2, -0.15) is 5.10 Å². The zero-order chi connectivity index (χ0) is 13.8. The molecular formula is C14H18N2O3. The van der Waals surface area contributed by atoms with Crippen LogP contribution in [-0.4, -0.2) is 21.8 Å². The summed E-state index contributed by atoms with van der Waals surface area (Å²) in [6, 6.07) is 3.81. The van der Waals surface area contributed by atoms with Gasteiger partial charge in [-0.1, -0.05) is 6.92 Å². The van der Waals surface area contributed by atoms with Crippen LogP contribution in [0.4, 0.5) is 0 Å². The number of benzene rings is 1. The van der Waals surface area contributed by atoms with E-state index in [1.807, 2.05) is 0 Å². The molecule has 1 fully saturated rings. The summed E-state index contributed by atoms with van der Waals surface area (Å²) in [5.41, 5.74) is 3.44. The number of hydrogen-bond acceptors (Lipinski definition) is 4. The molecule has 102 valence electrons. The van der Waals surface area contributed by atoms with Crippen molar-refractivity contribution in [3.8, 4) is 11.5 Å². The second-order valence-electron chi connectivity index (χ2n) is 5.02. The Morgan fingerprint density at radius 3 is 2.95 bits per heavy atom. The Morgan fingerprint density at radius 2 is 2.21 bits per heavy atom. The van der Waals surface area contributed by atoms with Gasteiger partial charge >= 0.3 is 0 Å². The Morgan fingerprint density at radius 1 is 1.42 bits per heavy atom. The first-order valence-electron chi connectivity index (χ1n) is 6.44. The van der Waals surface area contributed by atoms with E-state index >= 15 is 0 Å². The molecular weight excluding hydrogens is 244 g/mol. The van der Waals surface area contributed by atoms with Gasteiger partial charge in [0.2, 0.25) is 0 Å². The summed E-state index contributed by atoms with van der Waals surface area (Å²) in [5, 5.41) is 23.0. The Kier molecular flexibility index (Phi) is 4.04. The van der Waals surface area contributed by atoms with Crippen molar-refractivity contribution in [3.05, 3.63) is 23.8 Å². The third kappa shape index (κ3) is 3.47. The number of carbonyl (C=O) groups is 1. The summed E-state index contributed by atoms with van der Waals surface area (Å²) in [5.74, 6) is -0.160. The number of carbonyl (C=O) groups excluding carboxylic acids is 1. The Hall–Kier alpha value is -2.04. The number of nitrogens with one attached hydrogen (secondary N) is 1. The maximum absolute atomic E-state index is 11.9. The summed E-state index contributed by atoms with van der Waals surface area (Å²) in [7, 11) is 0. The van der Waals surface area contributed by atoms with Crippen LogP contribution in [0.3, 0.4) is 0 Å². The molecule has 0 saturated heterocycles. The minimum absolute atomic E-state index is 0.0215. The summed E-state index contributed by atoms with van der Waals surface area (Å²) in [6.45, 7) is 2.16. The van der Waals surface area contributed by atoms with E-state index in [0.29, 0.717) is 5.92 Å². The molecule has 19 heavy (non-hydrogen) atoms. The van der Waals surface area contributed by atoms with Crippen molar-refractivity contribution >= 4 is 11.6 Å². The lowest BCUT2D eigenvalue weighted by molar-refractivity contribution is 0.0951. The van der Waals surface area contributed by atoms with Gasteiger partial charge in [0.25, 0.3) is 5.91 Å². The number of rotatable bonds is 2. The lowest BCUT2D eigenvalue weighted by atomic mass is 9.89. The maximum atomic E-state index is 11.9. The molecule has 1 aromatic rings. The molecule has 1 aliphatic rings. The van der Waals surface area contributed by atoms with Crippen molar-refractivity contribution in [2.45, 2.75) is 32.6 Å². The van der Waals surface area contributed by atoms with E-state index in [-0.39, 0.29) is 17.1 Å². The van der Waals surface area contributed by atoms with Gasteiger partial charge in [-0.3, -0.25) is 4.79 Å². The molecule has 1 saturated carbocycles. The van der Waals surface area contributed by atoms with Gasteiger partial charge in [0.1, 0.15) is 11.5 Å². The van der Waals surface area contributed by atoms with Crippen molar-refractivity contribution in [2.24, 2.45) is 11.0 Å². The molecule has 0 unspecified atom stereocenters. The van der Waals surface area contributed by atoms with Crippen LogP contribution in [0.15, 0.2) is 23.3 Å². The molecule has 3 N–H and O–H groups in total. The summed E-state index contributed by atoms with van der Waals surface area (Å²) in [6.07, 6.45) is 4.08. The van der Waals surface area contributed by atoms with Crippen molar-refractivity contribution in [3.63, 3.8) is 0 Å². The minimum atomic E-state index is -0.515. The van der Waals surface area contributed by atoms with Gasteiger partial charge in [-0.15, -0.1) is 0 Å².